The molecule has 0 atom stereocenters. The molecule has 1 aliphatic rings. The molecule has 1 aromatic carbocycles. The molecule has 0 aliphatic carbocycles. The van der Waals surface area contributed by atoms with Crippen LogP contribution in [0.1, 0.15) is 19.5 Å². The predicted molar refractivity (Wildman–Crippen MR) is 102 cm³/mol. The summed E-state index contributed by atoms with van der Waals surface area (Å²) in [7, 11) is 3.20. The zero-order valence-electron chi connectivity index (χ0n) is 15.2. The number of aryl methyl sites for hydroxylation is 1. The van der Waals surface area contributed by atoms with Crippen molar-refractivity contribution in [3.8, 4) is 11.3 Å². The van der Waals surface area contributed by atoms with E-state index in [4.69, 9.17) is 16.3 Å². The first kappa shape index (κ1) is 17.1. The SMILES string of the molecule is Cn1c(=O)c2c(-c3ccc(Cl)cc3)n3c(c2n(C)c1=O)COCC3(C)C. The van der Waals surface area contributed by atoms with Gasteiger partial charge >= 0.3 is 5.69 Å². The van der Waals surface area contributed by atoms with Gasteiger partial charge in [-0.3, -0.25) is 13.9 Å². The quantitative estimate of drug-likeness (QED) is 0.659. The molecule has 0 fully saturated rings. The smallest absolute Gasteiger partial charge is 0.331 e. The lowest BCUT2D eigenvalue weighted by Crippen LogP contribution is -2.38. The monoisotopic (exact) mass is 373 g/mol. The van der Waals surface area contributed by atoms with Crippen LogP contribution in [0.3, 0.4) is 0 Å². The summed E-state index contributed by atoms with van der Waals surface area (Å²) in [5.41, 5.74) is 2.16. The van der Waals surface area contributed by atoms with Gasteiger partial charge in [0.2, 0.25) is 0 Å². The summed E-state index contributed by atoms with van der Waals surface area (Å²) in [5, 5.41) is 1.16. The van der Waals surface area contributed by atoms with Crippen LogP contribution in [0.25, 0.3) is 22.2 Å². The fraction of sp³-hybridized carbons (Fsp3) is 0.368. The minimum absolute atomic E-state index is 0.300. The number of halogens is 1. The van der Waals surface area contributed by atoms with Crippen molar-refractivity contribution in [2.45, 2.75) is 26.0 Å². The summed E-state index contributed by atoms with van der Waals surface area (Å²) in [4.78, 5) is 25.6. The van der Waals surface area contributed by atoms with Crippen LogP contribution in [0.2, 0.25) is 5.02 Å². The molecule has 0 unspecified atom stereocenters. The van der Waals surface area contributed by atoms with Crippen molar-refractivity contribution in [1.82, 2.24) is 13.7 Å². The maximum absolute atomic E-state index is 13.1. The Kier molecular flexibility index (Phi) is 3.68. The van der Waals surface area contributed by atoms with Crippen molar-refractivity contribution in [1.29, 1.82) is 0 Å². The summed E-state index contributed by atoms with van der Waals surface area (Å²) in [6.07, 6.45) is 0. The molecule has 3 heterocycles. The predicted octanol–water partition coefficient (Wildman–Crippen LogP) is 2.62. The van der Waals surface area contributed by atoms with Gasteiger partial charge in [-0.1, -0.05) is 23.7 Å². The lowest BCUT2D eigenvalue weighted by molar-refractivity contribution is 0.0228. The molecule has 26 heavy (non-hydrogen) atoms. The van der Waals surface area contributed by atoms with E-state index >= 15 is 0 Å². The zero-order valence-corrected chi connectivity index (χ0v) is 15.9. The van der Waals surface area contributed by atoms with E-state index < -0.39 is 0 Å². The second kappa shape index (κ2) is 5.59. The molecule has 7 heteroatoms. The molecule has 3 aromatic rings. The number of rotatable bonds is 1. The van der Waals surface area contributed by atoms with Gasteiger partial charge in [-0.05, 0) is 31.5 Å². The molecule has 136 valence electrons. The Balaban J connectivity index is 2.28. The molecule has 0 saturated heterocycles. The minimum Gasteiger partial charge on any atom is -0.373 e. The normalized spacial score (nSPS) is 16.0. The molecule has 4 rings (SSSR count). The highest BCUT2D eigenvalue weighted by atomic mass is 35.5. The van der Waals surface area contributed by atoms with Crippen LogP contribution < -0.4 is 11.2 Å². The van der Waals surface area contributed by atoms with Gasteiger partial charge in [0.25, 0.3) is 5.56 Å². The van der Waals surface area contributed by atoms with Crippen molar-refractivity contribution in [2.75, 3.05) is 6.61 Å². The van der Waals surface area contributed by atoms with E-state index in [-0.39, 0.29) is 16.8 Å². The van der Waals surface area contributed by atoms with Crippen molar-refractivity contribution in [3.05, 3.63) is 55.8 Å². The van der Waals surface area contributed by atoms with E-state index in [0.717, 1.165) is 21.5 Å². The second-order valence-corrected chi connectivity index (χ2v) is 7.81. The maximum atomic E-state index is 13.1. The second-order valence-electron chi connectivity index (χ2n) is 7.37. The molecule has 0 saturated carbocycles. The number of ether oxygens (including phenoxy) is 1. The number of hydrogen-bond donors (Lipinski definition) is 0. The van der Waals surface area contributed by atoms with Gasteiger partial charge in [-0.15, -0.1) is 0 Å². The summed E-state index contributed by atoms with van der Waals surface area (Å²) >= 11 is 6.06. The summed E-state index contributed by atoms with van der Waals surface area (Å²) in [6.45, 7) is 5.01. The van der Waals surface area contributed by atoms with Crippen molar-refractivity contribution >= 4 is 22.5 Å². The first-order valence-corrected chi connectivity index (χ1v) is 8.79. The van der Waals surface area contributed by atoms with E-state index in [9.17, 15) is 9.59 Å². The standard InChI is InChI=1S/C19H20ClN3O3/c1-19(2)10-26-9-13-16-14(17(24)22(4)18(25)21(16)3)15(23(13)19)11-5-7-12(20)8-6-11/h5-8H,9-10H2,1-4H3. The van der Waals surface area contributed by atoms with Crippen molar-refractivity contribution in [2.24, 2.45) is 14.1 Å². The Labute approximate surface area is 155 Å². The van der Waals surface area contributed by atoms with E-state index in [1.807, 2.05) is 12.1 Å². The van der Waals surface area contributed by atoms with Crippen LogP contribution in [0.5, 0.6) is 0 Å². The summed E-state index contributed by atoms with van der Waals surface area (Å²) < 4.78 is 10.6. The van der Waals surface area contributed by atoms with E-state index in [2.05, 4.69) is 18.4 Å². The summed E-state index contributed by atoms with van der Waals surface area (Å²) in [6, 6.07) is 7.42. The third-order valence-corrected chi connectivity index (χ3v) is 5.34. The van der Waals surface area contributed by atoms with Gasteiger partial charge in [0.15, 0.2) is 0 Å². The van der Waals surface area contributed by atoms with Gasteiger partial charge in [0.1, 0.15) is 0 Å². The fourth-order valence-electron chi connectivity index (χ4n) is 3.89. The average molecular weight is 374 g/mol. The van der Waals surface area contributed by atoms with Gasteiger partial charge in [0, 0.05) is 19.1 Å². The molecular weight excluding hydrogens is 354 g/mol. The third-order valence-electron chi connectivity index (χ3n) is 5.09. The number of nitrogens with zero attached hydrogens (tertiary/aromatic N) is 3. The lowest BCUT2D eigenvalue weighted by atomic mass is 10.0. The highest BCUT2D eigenvalue weighted by molar-refractivity contribution is 6.30. The molecule has 6 nitrogen and oxygen atoms in total. The minimum atomic E-state index is -0.359. The molecule has 0 radical (unpaired) electrons. The summed E-state index contributed by atoms with van der Waals surface area (Å²) in [5.74, 6) is 0. The zero-order chi connectivity index (χ0) is 18.8. The Morgan fingerprint density at radius 2 is 1.73 bits per heavy atom. The Hall–Kier alpha value is -2.31. The topological polar surface area (TPSA) is 58.2 Å². The molecule has 1 aliphatic heterocycles. The third kappa shape index (κ3) is 2.22. The molecule has 0 amide bonds. The van der Waals surface area contributed by atoms with Crippen LogP contribution in [0, 0.1) is 0 Å². The van der Waals surface area contributed by atoms with Gasteiger partial charge in [-0.25, -0.2) is 4.79 Å². The lowest BCUT2D eigenvalue weighted by Gasteiger charge is -2.35. The van der Waals surface area contributed by atoms with Crippen LogP contribution in [0.15, 0.2) is 33.9 Å². The average Bonchev–Trinajstić information content (AvgIpc) is 2.95. The van der Waals surface area contributed by atoms with Crippen LogP contribution in [0.4, 0.5) is 0 Å². The fourth-order valence-corrected chi connectivity index (χ4v) is 4.02. The van der Waals surface area contributed by atoms with E-state index in [1.54, 1.807) is 19.2 Å². The highest BCUT2D eigenvalue weighted by Crippen LogP contribution is 2.39. The molecular formula is C19H20ClN3O3. The Morgan fingerprint density at radius 1 is 1.08 bits per heavy atom. The van der Waals surface area contributed by atoms with Gasteiger partial charge < -0.3 is 9.30 Å². The number of benzene rings is 1. The number of aromatic nitrogens is 3. The molecule has 0 spiro atoms. The van der Waals surface area contributed by atoms with Crippen molar-refractivity contribution < 1.29 is 4.74 Å². The highest BCUT2D eigenvalue weighted by Gasteiger charge is 2.35. The maximum Gasteiger partial charge on any atom is 0.331 e. The first-order valence-electron chi connectivity index (χ1n) is 8.41. The van der Waals surface area contributed by atoms with E-state index in [1.165, 1.54) is 11.6 Å². The van der Waals surface area contributed by atoms with E-state index in [0.29, 0.717) is 29.1 Å². The van der Waals surface area contributed by atoms with Crippen molar-refractivity contribution in [3.63, 3.8) is 0 Å². The molecule has 0 N–H and O–H groups in total. The van der Waals surface area contributed by atoms with Gasteiger partial charge in [0.05, 0.1) is 41.0 Å². The Bertz CT molecular complexity index is 1150. The first-order chi connectivity index (χ1) is 12.2. The van der Waals surface area contributed by atoms with Crippen LogP contribution >= 0.6 is 11.6 Å². The Morgan fingerprint density at radius 3 is 2.38 bits per heavy atom. The molecule has 0 bridgehead atoms. The van der Waals surface area contributed by atoms with Gasteiger partial charge in [-0.2, -0.15) is 0 Å². The molecule has 2 aromatic heterocycles. The number of fused-ring (bicyclic) bond motifs is 3. The largest absolute Gasteiger partial charge is 0.373 e. The van der Waals surface area contributed by atoms with Crippen LogP contribution in [-0.2, 0) is 31.0 Å². The van der Waals surface area contributed by atoms with Crippen LogP contribution in [-0.4, -0.2) is 20.3 Å². The number of hydrogen-bond acceptors (Lipinski definition) is 3.